The van der Waals surface area contributed by atoms with E-state index in [0.29, 0.717) is 29.7 Å². The second kappa shape index (κ2) is 5.51. The molecule has 0 aromatic heterocycles. The van der Waals surface area contributed by atoms with Gasteiger partial charge in [0.2, 0.25) is 10.0 Å². The molecular weight excluding hydrogens is 262 g/mol. The van der Waals surface area contributed by atoms with Crippen LogP contribution >= 0.6 is 0 Å². The second-order valence-electron chi connectivity index (χ2n) is 5.24. The molecular formula is C14H21NO3S. The molecule has 1 saturated heterocycles. The lowest BCUT2D eigenvalue weighted by Crippen LogP contribution is -2.39. The molecule has 1 aliphatic heterocycles. The van der Waals surface area contributed by atoms with Crippen LogP contribution in [0.15, 0.2) is 23.1 Å². The second-order valence-corrected chi connectivity index (χ2v) is 7.18. The third kappa shape index (κ3) is 2.92. The Morgan fingerprint density at radius 2 is 2.11 bits per heavy atom. The summed E-state index contributed by atoms with van der Waals surface area (Å²) in [6.45, 7) is 5.20. The highest BCUT2D eigenvalue weighted by atomic mass is 32.2. The van der Waals surface area contributed by atoms with Crippen molar-refractivity contribution >= 4 is 10.0 Å². The molecule has 106 valence electrons. The van der Waals surface area contributed by atoms with Crippen LogP contribution in [-0.4, -0.2) is 32.9 Å². The molecule has 0 aliphatic carbocycles. The maximum absolute atomic E-state index is 12.6. The SMILES string of the molecule is COc1ccc(S(=O)(=O)N2CCC[C@H](C)C2)cc1C. The Bertz CT molecular complexity index is 554. The summed E-state index contributed by atoms with van der Waals surface area (Å²) in [4.78, 5) is 0.361. The zero-order valence-electron chi connectivity index (χ0n) is 11.7. The normalized spacial score (nSPS) is 21.3. The van der Waals surface area contributed by atoms with E-state index < -0.39 is 10.0 Å². The highest BCUT2D eigenvalue weighted by Crippen LogP contribution is 2.26. The zero-order valence-corrected chi connectivity index (χ0v) is 12.5. The predicted molar refractivity (Wildman–Crippen MR) is 74.9 cm³/mol. The van der Waals surface area contributed by atoms with Crippen LogP contribution in [0.1, 0.15) is 25.3 Å². The molecule has 1 heterocycles. The minimum Gasteiger partial charge on any atom is -0.496 e. The summed E-state index contributed by atoms with van der Waals surface area (Å²) in [5.41, 5.74) is 0.841. The van der Waals surface area contributed by atoms with Crippen molar-refractivity contribution in [2.75, 3.05) is 20.2 Å². The molecule has 1 atom stereocenters. The zero-order chi connectivity index (χ0) is 14.0. The van der Waals surface area contributed by atoms with Crippen LogP contribution in [0.2, 0.25) is 0 Å². The molecule has 5 heteroatoms. The van der Waals surface area contributed by atoms with Gasteiger partial charge < -0.3 is 4.74 Å². The smallest absolute Gasteiger partial charge is 0.243 e. The van der Waals surface area contributed by atoms with Gasteiger partial charge in [-0.2, -0.15) is 4.31 Å². The molecule has 1 aromatic rings. The fourth-order valence-corrected chi connectivity index (χ4v) is 4.21. The van der Waals surface area contributed by atoms with Crippen molar-refractivity contribution in [2.45, 2.75) is 31.6 Å². The number of benzene rings is 1. The van der Waals surface area contributed by atoms with Gasteiger partial charge in [-0.15, -0.1) is 0 Å². The van der Waals surface area contributed by atoms with E-state index in [4.69, 9.17) is 4.74 Å². The number of aryl methyl sites for hydroxylation is 1. The molecule has 1 aromatic carbocycles. The van der Waals surface area contributed by atoms with Gasteiger partial charge in [-0.3, -0.25) is 0 Å². The van der Waals surface area contributed by atoms with Gasteiger partial charge >= 0.3 is 0 Å². The lowest BCUT2D eigenvalue weighted by molar-refractivity contribution is 0.281. The molecule has 2 rings (SSSR count). The minimum absolute atomic E-state index is 0.361. The fourth-order valence-electron chi connectivity index (χ4n) is 2.53. The first-order valence-corrected chi connectivity index (χ1v) is 8.04. The molecule has 0 N–H and O–H groups in total. The number of rotatable bonds is 3. The highest BCUT2D eigenvalue weighted by Gasteiger charge is 2.28. The summed E-state index contributed by atoms with van der Waals surface area (Å²) in [7, 11) is -1.78. The standard InChI is InChI=1S/C14H21NO3S/c1-11-5-4-8-15(10-11)19(16,17)13-6-7-14(18-3)12(2)9-13/h6-7,9,11H,4-5,8,10H2,1-3H3/t11-/m0/s1. The summed E-state index contributed by atoms with van der Waals surface area (Å²) >= 11 is 0. The van der Waals surface area contributed by atoms with Gasteiger partial charge in [-0.25, -0.2) is 8.42 Å². The Morgan fingerprint density at radius 1 is 1.37 bits per heavy atom. The quantitative estimate of drug-likeness (QED) is 0.856. The summed E-state index contributed by atoms with van der Waals surface area (Å²) in [6, 6.07) is 5.03. The molecule has 19 heavy (non-hydrogen) atoms. The number of hydrogen-bond acceptors (Lipinski definition) is 3. The van der Waals surface area contributed by atoms with Gasteiger partial charge in [0, 0.05) is 13.1 Å². The molecule has 0 unspecified atom stereocenters. The Morgan fingerprint density at radius 3 is 2.68 bits per heavy atom. The van der Waals surface area contributed by atoms with Gasteiger partial charge in [0.25, 0.3) is 0 Å². The van der Waals surface area contributed by atoms with Crippen molar-refractivity contribution in [2.24, 2.45) is 5.92 Å². The van der Waals surface area contributed by atoms with Gasteiger partial charge in [0.15, 0.2) is 0 Å². The third-order valence-corrected chi connectivity index (χ3v) is 5.48. The predicted octanol–water partition coefficient (Wildman–Crippen LogP) is 2.42. The molecule has 0 bridgehead atoms. The number of sulfonamides is 1. The van der Waals surface area contributed by atoms with Crippen LogP contribution in [-0.2, 0) is 10.0 Å². The van der Waals surface area contributed by atoms with E-state index in [0.717, 1.165) is 18.4 Å². The molecule has 0 saturated carbocycles. The number of ether oxygens (including phenoxy) is 1. The van der Waals surface area contributed by atoms with Crippen LogP contribution in [0.3, 0.4) is 0 Å². The van der Waals surface area contributed by atoms with Crippen LogP contribution in [0.4, 0.5) is 0 Å². The first-order chi connectivity index (χ1) is 8.95. The third-order valence-electron chi connectivity index (χ3n) is 3.62. The van der Waals surface area contributed by atoms with Crippen LogP contribution in [0.5, 0.6) is 5.75 Å². The van der Waals surface area contributed by atoms with Crippen LogP contribution in [0.25, 0.3) is 0 Å². The fraction of sp³-hybridized carbons (Fsp3) is 0.571. The van der Waals surface area contributed by atoms with Crippen LogP contribution in [0, 0.1) is 12.8 Å². The maximum atomic E-state index is 12.6. The summed E-state index contributed by atoms with van der Waals surface area (Å²) in [6.07, 6.45) is 2.04. The van der Waals surface area contributed by atoms with Gasteiger partial charge in [0.1, 0.15) is 5.75 Å². The van der Waals surface area contributed by atoms with E-state index in [-0.39, 0.29) is 0 Å². The van der Waals surface area contributed by atoms with Crippen molar-refractivity contribution in [3.05, 3.63) is 23.8 Å². The van der Waals surface area contributed by atoms with E-state index >= 15 is 0 Å². The maximum Gasteiger partial charge on any atom is 0.243 e. The lowest BCUT2D eigenvalue weighted by Gasteiger charge is -2.30. The Balaban J connectivity index is 2.31. The number of piperidine rings is 1. The van der Waals surface area contributed by atoms with E-state index in [9.17, 15) is 8.42 Å². The first kappa shape index (κ1) is 14.3. The average molecular weight is 283 g/mol. The van der Waals surface area contributed by atoms with Crippen LogP contribution < -0.4 is 4.74 Å². The molecule has 1 fully saturated rings. The molecule has 0 radical (unpaired) electrons. The van der Waals surface area contributed by atoms with E-state index in [1.54, 1.807) is 29.6 Å². The largest absolute Gasteiger partial charge is 0.496 e. The minimum atomic E-state index is -3.36. The molecule has 1 aliphatic rings. The number of methoxy groups -OCH3 is 1. The monoisotopic (exact) mass is 283 g/mol. The van der Waals surface area contributed by atoms with Gasteiger partial charge in [-0.05, 0) is 49.4 Å². The van der Waals surface area contributed by atoms with Gasteiger partial charge in [-0.1, -0.05) is 6.92 Å². The number of hydrogen-bond donors (Lipinski definition) is 0. The van der Waals surface area contributed by atoms with Crippen molar-refractivity contribution in [3.8, 4) is 5.75 Å². The Kier molecular flexibility index (Phi) is 4.16. The Hall–Kier alpha value is -1.07. The van der Waals surface area contributed by atoms with Crippen molar-refractivity contribution < 1.29 is 13.2 Å². The van der Waals surface area contributed by atoms with E-state index in [1.165, 1.54) is 0 Å². The molecule has 4 nitrogen and oxygen atoms in total. The summed E-state index contributed by atoms with van der Waals surface area (Å²) in [5.74, 6) is 1.15. The van der Waals surface area contributed by atoms with Gasteiger partial charge in [0.05, 0.1) is 12.0 Å². The molecule has 0 amide bonds. The van der Waals surface area contributed by atoms with Crippen molar-refractivity contribution in [3.63, 3.8) is 0 Å². The first-order valence-electron chi connectivity index (χ1n) is 6.60. The lowest BCUT2D eigenvalue weighted by atomic mass is 10.0. The Labute approximate surface area is 115 Å². The van der Waals surface area contributed by atoms with Crippen molar-refractivity contribution in [1.29, 1.82) is 0 Å². The number of nitrogens with zero attached hydrogens (tertiary/aromatic N) is 1. The highest BCUT2D eigenvalue weighted by molar-refractivity contribution is 7.89. The van der Waals surface area contributed by atoms with Crippen molar-refractivity contribution in [1.82, 2.24) is 4.31 Å². The summed E-state index contributed by atoms with van der Waals surface area (Å²) < 4.78 is 31.9. The van der Waals surface area contributed by atoms with E-state index in [2.05, 4.69) is 6.92 Å². The summed E-state index contributed by atoms with van der Waals surface area (Å²) in [5, 5.41) is 0. The van der Waals surface area contributed by atoms with E-state index in [1.807, 2.05) is 6.92 Å². The molecule has 0 spiro atoms. The topological polar surface area (TPSA) is 46.6 Å². The average Bonchev–Trinajstić information content (AvgIpc) is 2.38.